The summed E-state index contributed by atoms with van der Waals surface area (Å²) in [6.07, 6.45) is 1.40. The second-order valence-electron chi connectivity index (χ2n) is 3.23. The molecule has 0 fully saturated rings. The third kappa shape index (κ3) is 3.59. The number of alkyl halides is 3. The van der Waals surface area contributed by atoms with Crippen LogP contribution in [0.4, 0.5) is 8.78 Å². The van der Waals surface area contributed by atoms with E-state index >= 15 is 0 Å². The first-order valence-corrected chi connectivity index (χ1v) is 5.82. The monoisotopic (exact) mass is 332 g/mol. The topological polar surface area (TPSA) is 65.1 Å². The number of hydrogen-bond acceptors (Lipinski definition) is 4. The number of halogens is 4. The van der Waals surface area contributed by atoms with E-state index in [0.717, 1.165) is 0 Å². The highest BCUT2D eigenvalue weighted by Crippen LogP contribution is 2.37. The van der Waals surface area contributed by atoms with Gasteiger partial charge in [0, 0.05) is 7.11 Å². The van der Waals surface area contributed by atoms with Gasteiger partial charge in [-0.25, -0.2) is 5.43 Å². The predicted octanol–water partition coefficient (Wildman–Crippen LogP) is 1.63. The van der Waals surface area contributed by atoms with E-state index in [9.17, 15) is 8.78 Å². The van der Waals surface area contributed by atoms with Crippen LogP contribution >= 0.6 is 27.5 Å². The Morgan fingerprint density at radius 2 is 2.41 bits per heavy atom. The van der Waals surface area contributed by atoms with Crippen LogP contribution in [0.2, 0.25) is 0 Å². The van der Waals surface area contributed by atoms with Gasteiger partial charge < -0.3 is 4.74 Å². The summed E-state index contributed by atoms with van der Waals surface area (Å²) >= 11 is 8.13. The average molecular weight is 334 g/mol. The highest BCUT2D eigenvalue weighted by Gasteiger charge is 2.41. The van der Waals surface area contributed by atoms with Crippen molar-refractivity contribution in [2.45, 2.75) is 18.0 Å². The van der Waals surface area contributed by atoms with Gasteiger partial charge in [-0.2, -0.15) is 13.9 Å². The van der Waals surface area contributed by atoms with E-state index < -0.39 is 11.4 Å². The van der Waals surface area contributed by atoms with Crippen molar-refractivity contribution in [1.29, 1.82) is 0 Å². The van der Waals surface area contributed by atoms with Crippen LogP contribution in [0.1, 0.15) is 11.7 Å². The third-order valence-electron chi connectivity index (χ3n) is 2.11. The van der Waals surface area contributed by atoms with Gasteiger partial charge in [-0.3, -0.25) is 10.5 Å². The summed E-state index contributed by atoms with van der Waals surface area (Å²) < 4.78 is 32.9. The summed E-state index contributed by atoms with van der Waals surface area (Å²) in [5.41, 5.74) is 2.16. The Morgan fingerprint density at radius 3 is 2.88 bits per heavy atom. The summed E-state index contributed by atoms with van der Waals surface area (Å²) in [4.78, 5) is 0. The Morgan fingerprint density at radius 1 is 1.76 bits per heavy atom. The molecule has 0 saturated heterocycles. The third-order valence-corrected chi connectivity index (χ3v) is 2.94. The number of nitrogens with one attached hydrogen (secondary N) is 1. The second kappa shape index (κ2) is 6.05. The molecule has 0 saturated carbocycles. The van der Waals surface area contributed by atoms with Crippen LogP contribution in [0.5, 0.6) is 0 Å². The normalized spacial score (nSPS) is 14.0. The van der Waals surface area contributed by atoms with Gasteiger partial charge >= 0.3 is 5.38 Å². The lowest BCUT2D eigenvalue weighted by Crippen LogP contribution is -2.39. The lowest BCUT2D eigenvalue weighted by Gasteiger charge is -2.22. The van der Waals surface area contributed by atoms with E-state index in [0.29, 0.717) is 17.6 Å². The summed E-state index contributed by atoms with van der Waals surface area (Å²) in [5.74, 6) is 5.11. The number of nitrogens with zero attached hydrogens (tertiary/aromatic N) is 2. The molecule has 0 amide bonds. The van der Waals surface area contributed by atoms with Crippen LogP contribution < -0.4 is 11.3 Å². The molecule has 3 N–H and O–H groups in total. The molecule has 9 heteroatoms. The van der Waals surface area contributed by atoms with Gasteiger partial charge in [-0.05, 0) is 27.5 Å². The van der Waals surface area contributed by atoms with Gasteiger partial charge in [0.15, 0.2) is 0 Å². The Kier molecular flexibility index (Phi) is 5.26. The van der Waals surface area contributed by atoms with Crippen LogP contribution in [-0.4, -0.2) is 28.9 Å². The van der Waals surface area contributed by atoms with E-state index in [2.05, 4.69) is 21.0 Å². The van der Waals surface area contributed by atoms with Gasteiger partial charge in [-0.15, -0.1) is 0 Å². The lowest BCUT2D eigenvalue weighted by molar-refractivity contribution is 0.0451. The summed E-state index contributed by atoms with van der Waals surface area (Å²) in [5, 5.41) is 0.412. The molecule has 1 unspecified atom stereocenters. The first kappa shape index (κ1) is 14.8. The van der Waals surface area contributed by atoms with Crippen LogP contribution in [0.3, 0.4) is 0 Å². The number of hydrogen-bond donors (Lipinski definition) is 2. The number of ether oxygens (including phenoxy) is 1. The fraction of sp³-hybridized carbons (Fsp3) is 0.625. The number of aromatic nitrogens is 2. The maximum absolute atomic E-state index is 13.2. The molecule has 5 nitrogen and oxygen atoms in total. The molecular weight excluding hydrogens is 321 g/mol. The minimum absolute atomic E-state index is 0.171. The van der Waals surface area contributed by atoms with Crippen molar-refractivity contribution in [1.82, 2.24) is 15.2 Å². The second-order valence-corrected chi connectivity index (χ2v) is 4.59. The molecule has 0 aliphatic carbocycles. The number of hydrazine groups is 1. The zero-order chi connectivity index (χ0) is 13.1. The Labute approximate surface area is 110 Å². The molecule has 98 valence electrons. The van der Waals surface area contributed by atoms with Crippen molar-refractivity contribution in [3.8, 4) is 0 Å². The maximum Gasteiger partial charge on any atom is 0.343 e. The van der Waals surface area contributed by atoms with Crippen LogP contribution in [0.15, 0.2) is 10.7 Å². The summed E-state index contributed by atoms with van der Waals surface area (Å²) in [6, 6.07) is -1.54. The lowest BCUT2D eigenvalue weighted by atomic mass is 10.2. The van der Waals surface area contributed by atoms with Crippen molar-refractivity contribution in [3.05, 3.63) is 16.4 Å². The minimum atomic E-state index is -3.53. The maximum atomic E-state index is 13.2. The van der Waals surface area contributed by atoms with Gasteiger partial charge in [0.2, 0.25) is 0 Å². The van der Waals surface area contributed by atoms with Crippen molar-refractivity contribution < 1.29 is 13.5 Å². The fourth-order valence-corrected chi connectivity index (χ4v) is 2.03. The van der Waals surface area contributed by atoms with E-state index in [1.807, 2.05) is 5.43 Å². The molecule has 0 spiro atoms. The molecule has 1 aromatic heterocycles. The largest absolute Gasteiger partial charge is 0.383 e. The summed E-state index contributed by atoms with van der Waals surface area (Å²) in [6.45, 7) is 0.662. The molecule has 0 aliphatic heterocycles. The van der Waals surface area contributed by atoms with Gasteiger partial charge in [0.05, 0.1) is 29.5 Å². The van der Waals surface area contributed by atoms with Crippen molar-refractivity contribution in [3.63, 3.8) is 0 Å². The zero-order valence-electron chi connectivity index (χ0n) is 8.96. The van der Waals surface area contributed by atoms with Crippen molar-refractivity contribution in [2.24, 2.45) is 5.84 Å². The van der Waals surface area contributed by atoms with E-state index in [4.69, 9.17) is 22.2 Å². The molecule has 1 rings (SSSR count). The highest BCUT2D eigenvalue weighted by molar-refractivity contribution is 9.10. The molecule has 0 aliphatic rings. The van der Waals surface area contributed by atoms with Gasteiger partial charge in [0.1, 0.15) is 6.04 Å². The molecule has 1 atom stereocenters. The number of rotatable bonds is 6. The van der Waals surface area contributed by atoms with Gasteiger partial charge in [0.25, 0.3) is 0 Å². The predicted molar refractivity (Wildman–Crippen MR) is 62.7 cm³/mol. The van der Waals surface area contributed by atoms with Gasteiger partial charge in [-0.1, -0.05) is 0 Å². The molecule has 1 heterocycles. The molecule has 0 bridgehead atoms. The van der Waals surface area contributed by atoms with Crippen LogP contribution in [-0.2, 0) is 11.3 Å². The molecule has 0 aromatic carbocycles. The quantitative estimate of drug-likeness (QED) is 0.472. The number of methoxy groups -OCH3 is 1. The first-order valence-electron chi connectivity index (χ1n) is 4.64. The fourth-order valence-electron chi connectivity index (χ4n) is 1.34. The SMILES string of the molecule is COCCn1ncc(Br)c1C(NN)C(F)(F)Cl. The minimum Gasteiger partial charge on any atom is -0.383 e. The van der Waals surface area contributed by atoms with Crippen molar-refractivity contribution >= 4 is 27.5 Å². The first-order chi connectivity index (χ1) is 7.91. The Balaban J connectivity index is 3.05. The van der Waals surface area contributed by atoms with Crippen LogP contribution in [0.25, 0.3) is 0 Å². The molecule has 1 aromatic rings. The van der Waals surface area contributed by atoms with Crippen LogP contribution in [0, 0.1) is 0 Å². The van der Waals surface area contributed by atoms with E-state index in [1.54, 1.807) is 0 Å². The molecular formula is C8H12BrClF2N4O. The molecule has 0 radical (unpaired) electrons. The zero-order valence-corrected chi connectivity index (χ0v) is 11.3. The highest BCUT2D eigenvalue weighted by atomic mass is 79.9. The Hall–Kier alpha value is -0.280. The standard InChI is InChI=1S/C8H12BrClF2N4O/c1-17-3-2-16-6(5(9)4-14-16)7(15-13)8(10,11)12/h4,7,15H,2-3,13H2,1H3. The average Bonchev–Trinajstić information content (AvgIpc) is 2.57. The van der Waals surface area contributed by atoms with E-state index in [1.165, 1.54) is 18.0 Å². The number of nitrogens with two attached hydrogens (primary N) is 1. The summed E-state index contributed by atoms with van der Waals surface area (Å²) in [7, 11) is 1.51. The smallest absolute Gasteiger partial charge is 0.343 e. The van der Waals surface area contributed by atoms with Crippen molar-refractivity contribution in [2.75, 3.05) is 13.7 Å². The molecule has 17 heavy (non-hydrogen) atoms. The Bertz CT molecular complexity index is 371. The van der Waals surface area contributed by atoms with E-state index in [-0.39, 0.29) is 5.69 Å².